The molecule has 0 amide bonds. The maximum Gasteiger partial charge on any atom is 0.255 e. The molecule has 1 aromatic heterocycles. The molecule has 0 bridgehead atoms. The molecule has 1 aromatic rings. The van der Waals surface area contributed by atoms with Crippen molar-refractivity contribution in [1.82, 2.24) is 4.98 Å². The number of rotatable bonds is 5. The topological polar surface area (TPSA) is 42.4 Å². The van der Waals surface area contributed by atoms with Crippen molar-refractivity contribution in [3.63, 3.8) is 0 Å². The van der Waals surface area contributed by atoms with Crippen molar-refractivity contribution < 1.29 is 13.9 Å². The first-order valence-electron chi connectivity index (χ1n) is 6.09. The van der Waals surface area contributed by atoms with Crippen molar-refractivity contribution >= 4 is 8.32 Å². The molecule has 0 spiro atoms. The van der Waals surface area contributed by atoms with Gasteiger partial charge in [0.2, 0.25) is 0 Å². The summed E-state index contributed by atoms with van der Waals surface area (Å²) < 4.78 is 18.3. The lowest BCUT2D eigenvalue weighted by Crippen LogP contribution is -2.39. The van der Waals surface area contributed by atoms with Crippen molar-refractivity contribution in [2.45, 2.75) is 44.8 Å². The van der Waals surface area contributed by atoms with E-state index in [0.717, 1.165) is 6.42 Å². The summed E-state index contributed by atoms with van der Waals surface area (Å²) in [6.07, 6.45) is 1.45. The minimum absolute atomic E-state index is 0.120. The largest absolute Gasteiger partial charge is 0.492 e. The van der Waals surface area contributed by atoms with E-state index < -0.39 is 14.3 Å². The predicted molar refractivity (Wildman–Crippen MR) is 72.8 cm³/mol. The quantitative estimate of drug-likeness (QED) is 0.661. The number of hydrogen-bond donors (Lipinski definition) is 1. The third-order valence-corrected chi connectivity index (χ3v) is 7.32. The normalized spacial score (nSPS) is 12.6. The van der Waals surface area contributed by atoms with Crippen LogP contribution in [0.15, 0.2) is 12.1 Å². The maximum atomic E-state index is 13.4. The lowest BCUT2D eigenvalue weighted by Gasteiger charge is -2.35. The Morgan fingerprint density at radius 1 is 1.39 bits per heavy atom. The summed E-state index contributed by atoms with van der Waals surface area (Å²) >= 11 is 0. The summed E-state index contributed by atoms with van der Waals surface area (Å²) in [6.45, 7) is 7.96. The number of pyridine rings is 1. The van der Waals surface area contributed by atoms with Crippen LogP contribution in [0.1, 0.15) is 26.0 Å². The lowest BCUT2D eigenvalue weighted by atomic mass is 10.0. The number of nitrogens with zero attached hydrogens (tertiary/aromatic N) is 1. The summed E-state index contributed by atoms with van der Waals surface area (Å²) in [4.78, 5) is 14.1. The zero-order valence-corrected chi connectivity index (χ0v) is 12.7. The molecule has 0 saturated carbocycles. The Hall–Kier alpha value is -0.943. The summed E-state index contributed by atoms with van der Waals surface area (Å²) in [5, 5.41) is -0.120. The van der Waals surface area contributed by atoms with E-state index in [1.54, 1.807) is 12.1 Å². The molecule has 1 heterocycles. The van der Waals surface area contributed by atoms with Gasteiger partial charge >= 0.3 is 0 Å². The van der Waals surface area contributed by atoms with Gasteiger partial charge in [-0.05, 0) is 43.1 Å². The summed E-state index contributed by atoms with van der Waals surface area (Å²) in [5.41, 5.74) is 0.694. The molecule has 5 heteroatoms. The molecule has 0 aliphatic rings. The van der Waals surface area contributed by atoms with Gasteiger partial charge in [0, 0.05) is 5.69 Å². The predicted octanol–water partition coefficient (Wildman–Crippen LogP) is 3.14. The van der Waals surface area contributed by atoms with Crippen LogP contribution < -0.4 is 4.74 Å². The highest BCUT2D eigenvalue weighted by atomic mass is 28.4. The number of aromatic nitrogens is 1. The van der Waals surface area contributed by atoms with Crippen LogP contribution in [0, 0.1) is 5.95 Å². The zero-order valence-electron chi connectivity index (χ0n) is 11.7. The third kappa shape index (κ3) is 3.52. The van der Waals surface area contributed by atoms with E-state index in [2.05, 4.69) is 18.8 Å². The second kappa shape index (κ2) is 5.36. The van der Waals surface area contributed by atoms with Gasteiger partial charge in [0.05, 0.1) is 7.11 Å². The van der Waals surface area contributed by atoms with Gasteiger partial charge in [0.1, 0.15) is 0 Å². The first-order chi connectivity index (χ1) is 8.17. The standard InChI is InChI=1S/C13H22FNO2Si/c1-13(2,18(4,5)16)9-8-10-6-7-11(17-3)12(14)15-10/h6-7,16H,8-9H2,1-5H3. The monoisotopic (exact) mass is 271 g/mol. The fourth-order valence-electron chi connectivity index (χ4n) is 1.50. The molecule has 1 rings (SSSR count). The van der Waals surface area contributed by atoms with Crippen LogP contribution in [0.5, 0.6) is 5.75 Å². The van der Waals surface area contributed by atoms with Crippen molar-refractivity contribution in [3.8, 4) is 5.75 Å². The smallest absolute Gasteiger partial charge is 0.255 e. The molecule has 0 saturated heterocycles. The molecule has 0 radical (unpaired) electrons. The van der Waals surface area contributed by atoms with Crippen LogP contribution in [-0.2, 0) is 6.42 Å². The molecule has 102 valence electrons. The molecule has 0 atom stereocenters. The Labute approximate surface area is 109 Å². The summed E-state index contributed by atoms with van der Waals surface area (Å²) in [5.74, 6) is -0.414. The van der Waals surface area contributed by atoms with Crippen molar-refractivity contribution in [2.24, 2.45) is 0 Å². The Bertz CT molecular complexity index is 416. The van der Waals surface area contributed by atoms with Crippen LogP contribution in [0.25, 0.3) is 0 Å². The minimum Gasteiger partial charge on any atom is -0.492 e. The minimum atomic E-state index is -2.22. The SMILES string of the molecule is COc1ccc(CCC(C)(C)[Si](C)(C)O)nc1F. The first kappa shape index (κ1) is 15.1. The van der Waals surface area contributed by atoms with E-state index in [0.29, 0.717) is 12.1 Å². The van der Waals surface area contributed by atoms with Crippen LogP contribution in [0.3, 0.4) is 0 Å². The van der Waals surface area contributed by atoms with Crippen LogP contribution in [-0.4, -0.2) is 25.2 Å². The summed E-state index contributed by atoms with van der Waals surface area (Å²) in [6, 6.07) is 3.36. The lowest BCUT2D eigenvalue weighted by molar-refractivity contribution is 0.376. The molecule has 0 unspecified atom stereocenters. The zero-order chi connectivity index (χ0) is 14.0. The van der Waals surface area contributed by atoms with E-state index >= 15 is 0 Å². The third-order valence-electron chi connectivity index (χ3n) is 3.75. The number of aryl methyl sites for hydroxylation is 1. The fourth-order valence-corrected chi connectivity index (χ4v) is 2.23. The van der Waals surface area contributed by atoms with Gasteiger partial charge in [-0.3, -0.25) is 0 Å². The van der Waals surface area contributed by atoms with Gasteiger partial charge in [0.15, 0.2) is 14.1 Å². The van der Waals surface area contributed by atoms with Crippen LogP contribution in [0.4, 0.5) is 4.39 Å². The molecule has 3 nitrogen and oxygen atoms in total. The van der Waals surface area contributed by atoms with E-state index in [1.165, 1.54) is 7.11 Å². The molecular formula is C13H22FNO2Si. The van der Waals surface area contributed by atoms with Crippen molar-refractivity contribution in [3.05, 3.63) is 23.8 Å². The van der Waals surface area contributed by atoms with E-state index in [-0.39, 0.29) is 10.8 Å². The van der Waals surface area contributed by atoms with Gasteiger partial charge in [-0.25, -0.2) is 4.98 Å². The highest BCUT2D eigenvalue weighted by Gasteiger charge is 2.37. The van der Waals surface area contributed by atoms with Crippen LogP contribution in [0.2, 0.25) is 18.1 Å². The van der Waals surface area contributed by atoms with E-state index in [9.17, 15) is 9.19 Å². The molecular weight excluding hydrogens is 249 g/mol. The molecule has 1 N–H and O–H groups in total. The highest BCUT2D eigenvalue weighted by molar-refractivity contribution is 6.72. The van der Waals surface area contributed by atoms with Gasteiger partial charge in [-0.1, -0.05) is 13.8 Å². The van der Waals surface area contributed by atoms with Gasteiger partial charge < -0.3 is 9.53 Å². The van der Waals surface area contributed by atoms with Crippen LogP contribution >= 0.6 is 0 Å². The number of methoxy groups -OCH3 is 1. The number of halogens is 1. The van der Waals surface area contributed by atoms with Gasteiger partial charge in [-0.15, -0.1) is 0 Å². The Kier molecular flexibility index (Phi) is 4.50. The first-order valence-corrected chi connectivity index (χ1v) is 9.04. The second-order valence-electron chi connectivity index (χ2n) is 5.74. The fraction of sp³-hybridized carbons (Fsp3) is 0.615. The number of ether oxygens (including phenoxy) is 1. The maximum absolute atomic E-state index is 13.4. The van der Waals surface area contributed by atoms with E-state index in [4.69, 9.17) is 4.74 Å². The Morgan fingerprint density at radius 3 is 2.44 bits per heavy atom. The molecule has 0 aliphatic heterocycles. The average molecular weight is 271 g/mol. The molecule has 0 fully saturated rings. The summed E-state index contributed by atoms with van der Waals surface area (Å²) in [7, 11) is -0.797. The van der Waals surface area contributed by atoms with Crippen molar-refractivity contribution in [2.75, 3.05) is 7.11 Å². The second-order valence-corrected chi connectivity index (χ2v) is 10.2. The van der Waals surface area contributed by atoms with Crippen molar-refractivity contribution in [1.29, 1.82) is 0 Å². The average Bonchev–Trinajstić information content (AvgIpc) is 2.25. The molecule has 18 heavy (non-hydrogen) atoms. The Balaban J connectivity index is 2.73. The number of hydrogen-bond acceptors (Lipinski definition) is 3. The van der Waals surface area contributed by atoms with Gasteiger partial charge in [-0.2, -0.15) is 4.39 Å². The molecule has 0 aliphatic carbocycles. The highest BCUT2D eigenvalue weighted by Crippen LogP contribution is 2.39. The Morgan fingerprint density at radius 2 is 2.00 bits per heavy atom. The van der Waals surface area contributed by atoms with Gasteiger partial charge in [0.25, 0.3) is 5.95 Å². The van der Waals surface area contributed by atoms with E-state index in [1.807, 2.05) is 13.1 Å². The molecule has 0 aromatic carbocycles.